The summed E-state index contributed by atoms with van der Waals surface area (Å²) in [5, 5.41) is 15.2. The molecular formula is C29H33ClFN7O2. The molecule has 3 heterocycles. The Morgan fingerprint density at radius 1 is 1.27 bits per heavy atom. The predicted molar refractivity (Wildman–Crippen MR) is 153 cm³/mol. The maximum absolute atomic E-state index is 16.7. The Bertz CT molecular complexity index is 1610. The lowest BCUT2D eigenvalue weighted by Crippen LogP contribution is -2.31. The third kappa shape index (κ3) is 5.63. The summed E-state index contributed by atoms with van der Waals surface area (Å²) < 4.78 is 23.7. The maximum atomic E-state index is 16.7. The van der Waals surface area contributed by atoms with Gasteiger partial charge in [-0.25, -0.2) is 29.2 Å². The number of imidazole rings is 1. The van der Waals surface area contributed by atoms with E-state index in [0.29, 0.717) is 40.2 Å². The van der Waals surface area contributed by atoms with Crippen LogP contribution in [0.4, 0.5) is 4.39 Å². The molecule has 210 valence electrons. The fourth-order valence-corrected chi connectivity index (χ4v) is 5.44. The van der Waals surface area contributed by atoms with Crippen molar-refractivity contribution < 1.29 is 8.81 Å². The Morgan fingerprint density at radius 3 is 2.73 bits per heavy atom. The molecule has 1 aromatic carbocycles. The lowest BCUT2D eigenvalue weighted by Gasteiger charge is -2.29. The number of aromatic amines is 1. The molecule has 40 heavy (non-hydrogen) atoms. The van der Waals surface area contributed by atoms with Crippen molar-refractivity contribution in [1.29, 1.82) is 5.41 Å². The molecule has 0 radical (unpaired) electrons. The van der Waals surface area contributed by atoms with E-state index in [-0.39, 0.29) is 28.9 Å². The van der Waals surface area contributed by atoms with Crippen LogP contribution in [0.25, 0.3) is 34.1 Å². The van der Waals surface area contributed by atoms with E-state index < -0.39 is 11.4 Å². The van der Waals surface area contributed by atoms with E-state index in [9.17, 15) is 4.79 Å². The number of halogens is 2. The SMILES string of the molecule is CCC/C=C\C(=N)C(C)(F)c1nc2nc(-c3n[nH]c(=O)o3)nc(-c3cccc(Cl)c3)c2n1CC1CCC(C)CC1. The Kier molecular flexibility index (Phi) is 7.98. The minimum absolute atomic E-state index is 0.0296. The Morgan fingerprint density at radius 2 is 2.05 bits per heavy atom. The Labute approximate surface area is 236 Å². The summed E-state index contributed by atoms with van der Waals surface area (Å²) >= 11 is 6.36. The van der Waals surface area contributed by atoms with Crippen molar-refractivity contribution in [2.45, 2.75) is 71.5 Å². The van der Waals surface area contributed by atoms with Crippen molar-refractivity contribution >= 4 is 28.5 Å². The van der Waals surface area contributed by atoms with Gasteiger partial charge in [-0.1, -0.05) is 62.9 Å². The van der Waals surface area contributed by atoms with Crippen molar-refractivity contribution in [2.75, 3.05) is 0 Å². The second-order valence-corrected chi connectivity index (χ2v) is 11.2. The number of nitrogens with one attached hydrogen (secondary N) is 2. The van der Waals surface area contributed by atoms with Gasteiger partial charge in [-0.15, -0.1) is 5.10 Å². The largest absolute Gasteiger partial charge is 0.434 e. The number of fused-ring (bicyclic) bond motifs is 1. The van der Waals surface area contributed by atoms with E-state index in [4.69, 9.17) is 26.4 Å². The lowest BCUT2D eigenvalue weighted by atomic mass is 9.83. The Balaban J connectivity index is 1.75. The number of allylic oxidation sites excluding steroid dienone is 2. The molecule has 0 bridgehead atoms. The van der Waals surface area contributed by atoms with Crippen molar-refractivity contribution in [2.24, 2.45) is 11.8 Å². The third-order valence-corrected chi connectivity index (χ3v) is 7.81. The van der Waals surface area contributed by atoms with Gasteiger partial charge in [-0.2, -0.15) is 0 Å². The predicted octanol–water partition coefficient (Wildman–Crippen LogP) is 6.88. The first-order valence-corrected chi connectivity index (χ1v) is 14.1. The van der Waals surface area contributed by atoms with Crippen LogP contribution in [-0.4, -0.2) is 35.4 Å². The molecule has 4 aromatic rings. The van der Waals surface area contributed by atoms with Gasteiger partial charge in [-0.05, 0) is 56.2 Å². The molecule has 0 spiro atoms. The van der Waals surface area contributed by atoms with Gasteiger partial charge in [-0.3, -0.25) is 0 Å². The molecule has 1 aliphatic rings. The molecular weight excluding hydrogens is 533 g/mol. The van der Waals surface area contributed by atoms with Gasteiger partial charge in [0.1, 0.15) is 11.2 Å². The van der Waals surface area contributed by atoms with Gasteiger partial charge in [0.25, 0.3) is 5.89 Å². The molecule has 0 amide bonds. The minimum Gasteiger partial charge on any atom is -0.384 e. The van der Waals surface area contributed by atoms with Crippen molar-refractivity contribution in [1.82, 2.24) is 29.7 Å². The number of benzene rings is 1. The van der Waals surface area contributed by atoms with E-state index in [1.807, 2.05) is 23.6 Å². The highest BCUT2D eigenvalue weighted by Gasteiger charge is 2.38. The lowest BCUT2D eigenvalue weighted by molar-refractivity contribution is 0.238. The van der Waals surface area contributed by atoms with Crippen LogP contribution in [0, 0.1) is 17.2 Å². The van der Waals surface area contributed by atoms with Crippen LogP contribution in [0.1, 0.15) is 65.1 Å². The van der Waals surface area contributed by atoms with Crippen LogP contribution in [-0.2, 0) is 12.2 Å². The van der Waals surface area contributed by atoms with Gasteiger partial charge in [0.05, 0.1) is 5.71 Å². The normalized spacial score (nSPS) is 19.3. The first-order chi connectivity index (χ1) is 19.2. The van der Waals surface area contributed by atoms with Gasteiger partial charge in [0.15, 0.2) is 11.5 Å². The van der Waals surface area contributed by atoms with Crippen molar-refractivity contribution in [3.63, 3.8) is 0 Å². The van der Waals surface area contributed by atoms with Crippen LogP contribution < -0.4 is 5.76 Å². The number of aromatic nitrogens is 6. The summed E-state index contributed by atoms with van der Waals surface area (Å²) in [4.78, 5) is 25.7. The van der Waals surface area contributed by atoms with E-state index in [1.165, 1.54) is 13.0 Å². The summed E-state index contributed by atoms with van der Waals surface area (Å²) in [5.41, 5.74) is -0.504. The molecule has 9 nitrogen and oxygen atoms in total. The van der Waals surface area contributed by atoms with Gasteiger partial charge >= 0.3 is 5.76 Å². The topological polar surface area (TPSA) is 126 Å². The standard InChI is InChI=1S/C29H33ClFN7O2/c1-4-5-6-10-21(32)29(3,31)27-35-24-23(38(27)16-18-13-11-17(2)12-14-18)22(19-8-7-9-20(30)15-19)33-25(34-24)26-36-37-28(39)40-26/h6-10,15,17-18,32H,4-5,11-14,16H2,1-3H3,(H,37,39)/b10-6-,32-21?. The molecule has 1 unspecified atom stereocenters. The molecule has 0 aliphatic heterocycles. The smallest absolute Gasteiger partial charge is 0.384 e. The maximum Gasteiger partial charge on any atom is 0.434 e. The fourth-order valence-electron chi connectivity index (χ4n) is 5.25. The van der Waals surface area contributed by atoms with Gasteiger partial charge in [0.2, 0.25) is 11.5 Å². The minimum atomic E-state index is -2.20. The molecule has 1 fully saturated rings. The second kappa shape index (κ2) is 11.4. The number of hydrogen-bond donors (Lipinski definition) is 2. The highest BCUT2D eigenvalue weighted by Crippen LogP contribution is 2.38. The quantitative estimate of drug-likeness (QED) is 0.213. The first kappa shape index (κ1) is 27.9. The highest BCUT2D eigenvalue weighted by atomic mass is 35.5. The van der Waals surface area contributed by atoms with Gasteiger partial charge < -0.3 is 14.4 Å². The molecule has 0 saturated heterocycles. The molecule has 1 aliphatic carbocycles. The van der Waals surface area contributed by atoms with Crippen LogP contribution in [0.15, 0.2) is 45.6 Å². The molecule has 3 aromatic heterocycles. The average Bonchev–Trinajstić information content (AvgIpc) is 3.53. The first-order valence-electron chi connectivity index (χ1n) is 13.7. The number of alkyl halides is 1. The van der Waals surface area contributed by atoms with Crippen LogP contribution in [0.2, 0.25) is 5.02 Å². The van der Waals surface area contributed by atoms with Crippen LogP contribution in [0.5, 0.6) is 0 Å². The fraction of sp³-hybridized carbons (Fsp3) is 0.448. The summed E-state index contributed by atoms with van der Waals surface area (Å²) in [7, 11) is 0. The summed E-state index contributed by atoms with van der Waals surface area (Å²) in [6, 6.07) is 7.17. The summed E-state index contributed by atoms with van der Waals surface area (Å²) in [6.07, 6.45) is 9.22. The van der Waals surface area contributed by atoms with Crippen LogP contribution in [0.3, 0.4) is 0 Å². The Hall–Kier alpha value is -3.66. The summed E-state index contributed by atoms with van der Waals surface area (Å²) in [6.45, 7) is 6.17. The van der Waals surface area contributed by atoms with Crippen LogP contribution >= 0.6 is 11.6 Å². The second-order valence-electron chi connectivity index (χ2n) is 10.8. The molecule has 1 saturated carbocycles. The zero-order valence-corrected chi connectivity index (χ0v) is 23.6. The molecule has 2 N–H and O–H groups in total. The molecule has 11 heteroatoms. The molecule has 5 rings (SSSR count). The van der Waals surface area contributed by atoms with E-state index in [2.05, 4.69) is 27.1 Å². The molecule has 1 atom stereocenters. The third-order valence-electron chi connectivity index (χ3n) is 7.57. The number of unbranched alkanes of at least 4 members (excludes halogenated alkanes) is 1. The average molecular weight is 566 g/mol. The van der Waals surface area contributed by atoms with Crippen molar-refractivity contribution in [3.05, 3.63) is 57.8 Å². The number of nitrogens with zero attached hydrogens (tertiary/aromatic N) is 5. The van der Waals surface area contributed by atoms with E-state index >= 15 is 4.39 Å². The number of H-pyrrole nitrogens is 1. The summed E-state index contributed by atoms with van der Waals surface area (Å²) in [5.74, 6) is 0.238. The highest BCUT2D eigenvalue weighted by molar-refractivity contribution is 6.30. The monoisotopic (exact) mass is 565 g/mol. The van der Waals surface area contributed by atoms with Crippen molar-refractivity contribution in [3.8, 4) is 23.0 Å². The number of hydrogen-bond acceptors (Lipinski definition) is 7. The van der Waals surface area contributed by atoms with Gasteiger partial charge in [0, 0.05) is 17.1 Å². The number of rotatable bonds is 9. The zero-order valence-electron chi connectivity index (χ0n) is 22.9. The van der Waals surface area contributed by atoms with E-state index in [0.717, 1.165) is 38.5 Å². The van der Waals surface area contributed by atoms with E-state index in [1.54, 1.807) is 18.2 Å². The zero-order chi connectivity index (χ0) is 28.4.